The van der Waals surface area contributed by atoms with Gasteiger partial charge in [-0.2, -0.15) is 8.78 Å². The van der Waals surface area contributed by atoms with E-state index in [4.69, 9.17) is 0 Å². The largest absolute Gasteiger partial charge is 0.434 e. The molecule has 0 atom stereocenters. The molecule has 0 spiro atoms. The summed E-state index contributed by atoms with van der Waals surface area (Å²) in [5.41, 5.74) is 0.744. The maximum atomic E-state index is 12.2. The maximum Gasteiger partial charge on any atom is 0.387 e. The van der Waals surface area contributed by atoms with Crippen LogP contribution in [0, 0.1) is 0 Å². The molecule has 5 heteroatoms. The summed E-state index contributed by atoms with van der Waals surface area (Å²) in [6.45, 7) is -1.45. The van der Waals surface area contributed by atoms with E-state index >= 15 is 0 Å². The number of nitrogens with one attached hydrogen (secondary N) is 1. The fourth-order valence-electron chi connectivity index (χ4n) is 1.75. The van der Waals surface area contributed by atoms with E-state index < -0.39 is 6.61 Å². The Morgan fingerprint density at radius 3 is 2.74 bits per heavy atom. The van der Waals surface area contributed by atoms with Gasteiger partial charge in [0.2, 0.25) is 0 Å². The molecule has 0 amide bonds. The second-order valence-corrected chi connectivity index (χ2v) is 5.02. The summed E-state index contributed by atoms with van der Waals surface area (Å²) in [5.74, 6) is 0.237. The molecule has 1 N–H and O–H groups in total. The number of alkyl halides is 2. The average Bonchev–Trinajstić information content (AvgIpc) is 2.89. The lowest BCUT2D eigenvalue weighted by Crippen LogP contribution is -2.17. The smallest absolute Gasteiger partial charge is 0.387 e. The molecule has 0 saturated carbocycles. The minimum absolute atomic E-state index is 0.237. The number of hydrogen-bond donors (Lipinski definition) is 1. The zero-order chi connectivity index (χ0) is 13.5. The van der Waals surface area contributed by atoms with Crippen LogP contribution in [0.4, 0.5) is 8.78 Å². The van der Waals surface area contributed by atoms with Gasteiger partial charge in [-0.3, -0.25) is 0 Å². The zero-order valence-electron chi connectivity index (χ0n) is 10.3. The van der Waals surface area contributed by atoms with Crippen molar-refractivity contribution in [1.29, 1.82) is 0 Å². The monoisotopic (exact) mass is 283 g/mol. The number of rotatable bonds is 7. The van der Waals surface area contributed by atoms with Crippen molar-refractivity contribution in [1.82, 2.24) is 5.32 Å². The lowest BCUT2D eigenvalue weighted by Gasteiger charge is -2.11. The fraction of sp³-hybridized carbons (Fsp3) is 0.286. The van der Waals surface area contributed by atoms with Crippen LogP contribution in [0.2, 0.25) is 0 Å². The Hall–Kier alpha value is -1.46. The first-order valence-corrected chi connectivity index (χ1v) is 6.89. The predicted octanol–water partition coefficient (Wildman–Crippen LogP) is 3.68. The second-order valence-electron chi connectivity index (χ2n) is 3.99. The highest BCUT2D eigenvalue weighted by molar-refractivity contribution is 7.09. The molecule has 1 aromatic heterocycles. The zero-order valence-corrected chi connectivity index (χ0v) is 11.1. The highest BCUT2D eigenvalue weighted by atomic mass is 32.1. The molecule has 2 rings (SSSR count). The van der Waals surface area contributed by atoms with Crippen LogP contribution >= 0.6 is 11.3 Å². The molecule has 0 fully saturated rings. The van der Waals surface area contributed by atoms with Gasteiger partial charge in [-0.1, -0.05) is 24.3 Å². The molecule has 0 aliphatic heterocycles. The van der Waals surface area contributed by atoms with Crippen molar-refractivity contribution in [3.8, 4) is 5.75 Å². The third kappa shape index (κ3) is 4.61. The van der Waals surface area contributed by atoms with Crippen molar-refractivity contribution in [2.75, 3.05) is 6.54 Å². The van der Waals surface area contributed by atoms with Crippen LogP contribution in [0.3, 0.4) is 0 Å². The van der Waals surface area contributed by atoms with E-state index in [1.165, 1.54) is 4.88 Å². The second kappa shape index (κ2) is 7.21. The quantitative estimate of drug-likeness (QED) is 0.783. The van der Waals surface area contributed by atoms with Gasteiger partial charge in [-0.05, 0) is 23.9 Å². The number of ether oxygens (including phenoxy) is 1. The molecular formula is C14H15F2NOS. The van der Waals surface area contributed by atoms with E-state index in [2.05, 4.69) is 16.1 Å². The molecule has 0 saturated heterocycles. The molecule has 2 nitrogen and oxygen atoms in total. The Kier molecular flexibility index (Phi) is 5.30. The number of thiophene rings is 1. The predicted molar refractivity (Wildman–Crippen MR) is 72.8 cm³/mol. The third-order valence-electron chi connectivity index (χ3n) is 2.63. The van der Waals surface area contributed by atoms with Gasteiger partial charge in [0.1, 0.15) is 5.75 Å². The standard InChI is InChI=1S/C14H15F2NOS/c15-14(16)18-13-6-2-1-4-11(13)10-17-8-7-12-5-3-9-19-12/h1-6,9,14,17H,7-8,10H2. The Morgan fingerprint density at radius 1 is 1.16 bits per heavy atom. The summed E-state index contributed by atoms with van der Waals surface area (Å²) in [5, 5.41) is 5.28. The van der Waals surface area contributed by atoms with Gasteiger partial charge < -0.3 is 10.1 Å². The topological polar surface area (TPSA) is 21.3 Å². The van der Waals surface area contributed by atoms with Crippen LogP contribution < -0.4 is 10.1 Å². The molecule has 0 bridgehead atoms. The Morgan fingerprint density at radius 2 is 2.00 bits per heavy atom. The van der Waals surface area contributed by atoms with Crippen molar-refractivity contribution in [3.05, 3.63) is 52.2 Å². The summed E-state index contributed by atoms with van der Waals surface area (Å²) in [6, 6.07) is 11.0. The molecule has 0 aliphatic carbocycles. The summed E-state index contributed by atoms with van der Waals surface area (Å²) < 4.78 is 28.9. The van der Waals surface area contributed by atoms with Gasteiger partial charge in [-0.15, -0.1) is 11.3 Å². The first-order valence-electron chi connectivity index (χ1n) is 6.01. The van der Waals surface area contributed by atoms with E-state index in [0.29, 0.717) is 6.54 Å². The van der Waals surface area contributed by atoms with Gasteiger partial charge in [0.15, 0.2) is 0 Å². The van der Waals surface area contributed by atoms with Crippen molar-refractivity contribution >= 4 is 11.3 Å². The van der Waals surface area contributed by atoms with Crippen molar-refractivity contribution in [2.24, 2.45) is 0 Å². The van der Waals surface area contributed by atoms with Gasteiger partial charge in [0.05, 0.1) is 0 Å². The summed E-state index contributed by atoms with van der Waals surface area (Å²) in [6.07, 6.45) is 0.940. The number of para-hydroxylation sites is 1. The normalized spacial score (nSPS) is 10.9. The van der Waals surface area contributed by atoms with E-state index in [1.807, 2.05) is 17.5 Å². The Labute approximate surface area is 115 Å². The highest BCUT2D eigenvalue weighted by Gasteiger charge is 2.08. The van der Waals surface area contributed by atoms with Gasteiger partial charge >= 0.3 is 6.61 Å². The third-order valence-corrected chi connectivity index (χ3v) is 3.57. The molecule has 0 unspecified atom stereocenters. The first-order chi connectivity index (χ1) is 9.25. The number of hydrogen-bond acceptors (Lipinski definition) is 3. The molecule has 1 aromatic carbocycles. The van der Waals surface area contributed by atoms with Gasteiger partial charge in [0, 0.05) is 23.5 Å². The lowest BCUT2D eigenvalue weighted by atomic mass is 10.2. The van der Waals surface area contributed by atoms with Crippen molar-refractivity contribution in [2.45, 2.75) is 19.6 Å². The average molecular weight is 283 g/mol. The molecule has 0 radical (unpaired) electrons. The van der Waals surface area contributed by atoms with E-state index in [1.54, 1.807) is 29.5 Å². The summed E-state index contributed by atoms with van der Waals surface area (Å²) in [4.78, 5) is 1.31. The lowest BCUT2D eigenvalue weighted by molar-refractivity contribution is -0.0504. The minimum Gasteiger partial charge on any atom is -0.434 e. The number of halogens is 2. The molecule has 102 valence electrons. The molecular weight excluding hydrogens is 268 g/mol. The van der Waals surface area contributed by atoms with E-state index in [-0.39, 0.29) is 5.75 Å². The van der Waals surface area contributed by atoms with Crippen molar-refractivity contribution in [3.63, 3.8) is 0 Å². The minimum atomic E-state index is -2.78. The Bertz CT molecular complexity index is 488. The van der Waals surface area contributed by atoms with Crippen molar-refractivity contribution < 1.29 is 13.5 Å². The Balaban J connectivity index is 1.82. The van der Waals surface area contributed by atoms with Crippen LogP contribution in [0.25, 0.3) is 0 Å². The maximum absolute atomic E-state index is 12.2. The fourth-order valence-corrected chi connectivity index (χ4v) is 2.46. The van der Waals surface area contributed by atoms with Crippen LogP contribution in [0.1, 0.15) is 10.4 Å². The van der Waals surface area contributed by atoms with E-state index in [9.17, 15) is 8.78 Å². The highest BCUT2D eigenvalue weighted by Crippen LogP contribution is 2.19. The first kappa shape index (κ1) is 14.0. The summed E-state index contributed by atoms with van der Waals surface area (Å²) >= 11 is 1.72. The van der Waals surface area contributed by atoms with E-state index in [0.717, 1.165) is 18.5 Å². The van der Waals surface area contributed by atoms with Crippen LogP contribution in [0.15, 0.2) is 41.8 Å². The molecule has 2 aromatic rings. The van der Waals surface area contributed by atoms with Gasteiger partial charge in [-0.25, -0.2) is 0 Å². The SMILES string of the molecule is FC(F)Oc1ccccc1CNCCc1cccs1. The molecule has 0 aliphatic rings. The molecule has 1 heterocycles. The van der Waals surface area contributed by atoms with Crippen LogP contribution in [0.5, 0.6) is 5.75 Å². The number of benzene rings is 1. The van der Waals surface area contributed by atoms with Crippen LogP contribution in [-0.2, 0) is 13.0 Å². The van der Waals surface area contributed by atoms with Crippen LogP contribution in [-0.4, -0.2) is 13.2 Å². The summed E-state index contributed by atoms with van der Waals surface area (Å²) in [7, 11) is 0. The van der Waals surface area contributed by atoms with Gasteiger partial charge in [0.25, 0.3) is 0 Å². The molecule has 19 heavy (non-hydrogen) atoms.